The van der Waals surface area contributed by atoms with Gasteiger partial charge in [-0.25, -0.2) is 4.79 Å². The van der Waals surface area contributed by atoms with Crippen LogP contribution < -0.4 is 5.32 Å². The molecule has 8 heteroatoms. The smallest absolute Gasteiger partial charge is 0.364 e. The number of rotatable bonds is 14. The number of ether oxygens (including phenoxy) is 1. The number of carbonyl (C=O) groups excluding carboxylic acids is 1. The molecule has 0 heterocycles. The molecule has 0 aliphatic rings. The first-order valence-electron chi connectivity index (χ1n) is 11.0. The Morgan fingerprint density at radius 1 is 1.06 bits per heavy atom. The predicted octanol–water partition coefficient (Wildman–Crippen LogP) is 3.55. The standard InChI is InChI=1S/C25H32ClNO6/c1-18(11-13-25(32,24(30)31)33-17-20-5-3-2-4-6-20)15-22(28)12-14-27-23(29)16-19-7-9-21(26)10-8-19/h2-10,18,22,28,32H,11-17H2,1H3,(H,27,29)(H,30,31). The number of nitrogens with one attached hydrogen (secondary N) is 1. The van der Waals surface area contributed by atoms with E-state index in [1.807, 2.05) is 25.1 Å². The summed E-state index contributed by atoms with van der Waals surface area (Å²) in [6, 6.07) is 16.1. The van der Waals surface area contributed by atoms with Crippen molar-refractivity contribution in [3.63, 3.8) is 0 Å². The number of carboxylic acids is 1. The Hall–Kier alpha value is -2.45. The molecule has 0 aromatic heterocycles. The van der Waals surface area contributed by atoms with E-state index < -0.39 is 17.9 Å². The Morgan fingerprint density at radius 3 is 2.36 bits per heavy atom. The van der Waals surface area contributed by atoms with Gasteiger partial charge in [0.15, 0.2) is 0 Å². The molecular weight excluding hydrogens is 446 g/mol. The van der Waals surface area contributed by atoms with Gasteiger partial charge in [-0.05, 0) is 48.4 Å². The molecule has 0 aliphatic carbocycles. The molecule has 4 N–H and O–H groups in total. The number of aliphatic hydroxyl groups is 2. The molecule has 0 radical (unpaired) electrons. The molecule has 0 bridgehead atoms. The Labute approximate surface area is 199 Å². The van der Waals surface area contributed by atoms with Crippen molar-refractivity contribution in [3.05, 3.63) is 70.7 Å². The number of carbonyl (C=O) groups is 2. The van der Waals surface area contributed by atoms with Gasteiger partial charge in [-0.15, -0.1) is 0 Å². The van der Waals surface area contributed by atoms with Crippen LogP contribution in [-0.2, 0) is 27.4 Å². The van der Waals surface area contributed by atoms with E-state index in [1.54, 1.807) is 36.4 Å². The van der Waals surface area contributed by atoms with E-state index in [1.165, 1.54) is 0 Å². The fourth-order valence-corrected chi connectivity index (χ4v) is 3.51. The molecule has 7 nitrogen and oxygen atoms in total. The molecular formula is C25H32ClNO6. The van der Waals surface area contributed by atoms with Gasteiger partial charge in [0, 0.05) is 18.0 Å². The maximum atomic E-state index is 12.0. The van der Waals surface area contributed by atoms with E-state index in [2.05, 4.69) is 5.32 Å². The second-order valence-corrected chi connectivity index (χ2v) is 8.78. The van der Waals surface area contributed by atoms with Crippen LogP contribution in [-0.4, -0.2) is 45.6 Å². The maximum absolute atomic E-state index is 12.0. The van der Waals surface area contributed by atoms with E-state index >= 15 is 0 Å². The minimum atomic E-state index is -2.29. The molecule has 1 amide bonds. The first kappa shape index (κ1) is 26.8. The third-order valence-electron chi connectivity index (χ3n) is 5.38. The van der Waals surface area contributed by atoms with Crippen LogP contribution in [0.2, 0.25) is 5.02 Å². The van der Waals surface area contributed by atoms with Crippen molar-refractivity contribution in [1.29, 1.82) is 0 Å². The summed E-state index contributed by atoms with van der Waals surface area (Å²) in [5.41, 5.74) is 1.62. The molecule has 2 aromatic rings. The van der Waals surface area contributed by atoms with E-state index in [4.69, 9.17) is 16.3 Å². The van der Waals surface area contributed by atoms with Crippen molar-refractivity contribution in [3.8, 4) is 0 Å². The van der Waals surface area contributed by atoms with Crippen molar-refractivity contribution in [2.24, 2.45) is 5.92 Å². The normalized spacial score (nSPS) is 14.8. The molecule has 0 spiro atoms. The van der Waals surface area contributed by atoms with Crippen molar-refractivity contribution >= 4 is 23.5 Å². The molecule has 2 rings (SSSR count). The predicted molar refractivity (Wildman–Crippen MR) is 126 cm³/mol. The zero-order valence-electron chi connectivity index (χ0n) is 18.7. The molecule has 0 aliphatic heterocycles. The number of aliphatic hydroxyl groups excluding tert-OH is 1. The Morgan fingerprint density at radius 2 is 1.73 bits per heavy atom. The fraction of sp³-hybridized carbons (Fsp3) is 0.440. The lowest BCUT2D eigenvalue weighted by Gasteiger charge is -2.26. The van der Waals surface area contributed by atoms with Crippen molar-refractivity contribution in [1.82, 2.24) is 5.32 Å². The summed E-state index contributed by atoms with van der Waals surface area (Å²) in [6.07, 6.45) is 0.643. The second-order valence-electron chi connectivity index (χ2n) is 8.34. The average Bonchev–Trinajstić information content (AvgIpc) is 2.78. The van der Waals surface area contributed by atoms with Gasteiger partial charge < -0.3 is 25.4 Å². The topological polar surface area (TPSA) is 116 Å². The first-order valence-corrected chi connectivity index (χ1v) is 11.4. The van der Waals surface area contributed by atoms with Gasteiger partial charge in [-0.3, -0.25) is 4.79 Å². The number of halogens is 1. The third kappa shape index (κ3) is 9.92. The van der Waals surface area contributed by atoms with Gasteiger partial charge >= 0.3 is 5.97 Å². The highest BCUT2D eigenvalue weighted by Crippen LogP contribution is 2.23. The van der Waals surface area contributed by atoms with Crippen molar-refractivity contribution < 1.29 is 29.6 Å². The molecule has 0 saturated heterocycles. The summed E-state index contributed by atoms with van der Waals surface area (Å²) >= 11 is 5.83. The van der Waals surface area contributed by atoms with E-state index in [0.717, 1.165) is 11.1 Å². The molecule has 3 unspecified atom stereocenters. The number of benzene rings is 2. The SMILES string of the molecule is CC(CCC(O)(OCc1ccccc1)C(=O)O)CC(O)CCNC(=O)Cc1ccc(Cl)cc1. The summed E-state index contributed by atoms with van der Waals surface area (Å²) in [4.78, 5) is 23.6. The number of hydrogen-bond acceptors (Lipinski definition) is 5. The lowest BCUT2D eigenvalue weighted by molar-refractivity contribution is -0.231. The molecule has 0 fully saturated rings. The highest BCUT2D eigenvalue weighted by Gasteiger charge is 2.37. The number of hydrogen-bond donors (Lipinski definition) is 4. The number of amides is 1. The second kappa shape index (κ2) is 13.3. The minimum absolute atomic E-state index is 0.0175. The first-order chi connectivity index (χ1) is 15.7. The number of carboxylic acid groups (broad SMARTS) is 1. The average molecular weight is 478 g/mol. The summed E-state index contributed by atoms with van der Waals surface area (Å²) in [6.45, 7) is 2.19. The molecule has 33 heavy (non-hydrogen) atoms. The number of aliphatic carboxylic acids is 1. The van der Waals surface area contributed by atoms with Gasteiger partial charge in [0.25, 0.3) is 5.79 Å². The van der Waals surface area contributed by atoms with Crippen LogP contribution in [0, 0.1) is 5.92 Å². The molecule has 3 atom stereocenters. The minimum Gasteiger partial charge on any atom is -0.477 e. The summed E-state index contributed by atoms with van der Waals surface area (Å²) in [5.74, 6) is -3.91. The van der Waals surface area contributed by atoms with Gasteiger partial charge in [0.05, 0.1) is 19.1 Å². The Balaban J connectivity index is 1.68. The molecule has 180 valence electrons. The van der Waals surface area contributed by atoms with E-state index in [-0.39, 0.29) is 31.3 Å². The van der Waals surface area contributed by atoms with Crippen LogP contribution >= 0.6 is 11.6 Å². The summed E-state index contributed by atoms with van der Waals surface area (Å²) < 4.78 is 5.32. The van der Waals surface area contributed by atoms with Crippen LogP contribution in [0.15, 0.2) is 54.6 Å². The Kier molecular flexibility index (Phi) is 10.8. The van der Waals surface area contributed by atoms with Crippen LogP contribution in [0.3, 0.4) is 0 Å². The van der Waals surface area contributed by atoms with Gasteiger partial charge in [-0.1, -0.05) is 61.0 Å². The lowest BCUT2D eigenvalue weighted by atomic mass is 9.94. The van der Waals surface area contributed by atoms with Crippen LogP contribution in [0.25, 0.3) is 0 Å². The lowest BCUT2D eigenvalue weighted by Crippen LogP contribution is -2.41. The van der Waals surface area contributed by atoms with Gasteiger partial charge in [0.2, 0.25) is 5.91 Å². The highest BCUT2D eigenvalue weighted by molar-refractivity contribution is 6.30. The van der Waals surface area contributed by atoms with Gasteiger partial charge in [-0.2, -0.15) is 0 Å². The quantitative estimate of drug-likeness (QED) is 0.309. The highest BCUT2D eigenvalue weighted by atomic mass is 35.5. The zero-order valence-corrected chi connectivity index (χ0v) is 19.5. The summed E-state index contributed by atoms with van der Waals surface area (Å²) in [7, 11) is 0. The van der Waals surface area contributed by atoms with Crippen molar-refractivity contribution in [2.45, 2.75) is 57.5 Å². The maximum Gasteiger partial charge on any atom is 0.364 e. The third-order valence-corrected chi connectivity index (χ3v) is 5.63. The van der Waals surface area contributed by atoms with Crippen LogP contribution in [0.1, 0.15) is 43.7 Å². The fourth-order valence-electron chi connectivity index (χ4n) is 3.39. The van der Waals surface area contributed by atoms with E-state index in [0.29, 0.717) is 30.8 Å². The monoisotopic (exact) mass is 477 g/mol. The van der Waals surface area contributed by atoms with Crippen LogP contribution in [0.5, 0.6) is 0 Å². The van der Waals surface area contributed by atoms with Crippen molar-refractivity contribution in [2.75, 3.05) is 6.54 Å². The Bertz CT molecular complexity index is 876. The summed E-state index contributed by atoms with van der Waals surface area (Å²) in [5, 5.41) is 33.5. The molecule has 0 saturated carbocycles. The zero-order chi connectivity index (χ0) is 24.3. The van der Waals surface area contributed by atoms with Crippen LogP contribution in [0.4, 0.5) is 0 Å². The largest absolute Gasteiger partial charge is 0.477 e. The van der Waals surface area contributed by atoms with E-state index in [9.17, 15) is 24.9 Å². The molecule has 2 aromatic carbocycles. The van der Waals surface area contributed by atoms with Gasteiger partial charge in [0.1, 0.15) is 0 Å².